The molecule has 12 heteroatoms. The molecule has 0 spiro atoms. The molecule has 2 N–H and O–H groups in total. The molecule has 1 amide bonds. The van der Waals surface area contributed by atoms with Gasteiger partial charge in [0.2, 0.25) is 0 Å². The van der Waals surface area contributed by atoms with Crippen LogP contribution in [0.1, 0.15) is 10.4 Å². The third-order valence-corrected chi connectivity index (χ3v) is 5.60. The summed E-state index contributed by atoms with van der Waals surface area (Å²) < 4.78 is 67.1. The Kier molecular flexibility index (Phi) is 5.75. The summed E-state index contributed by atoms with van der Waals surface area (Å²) in [7, 11) is -3.82. The molecule has 7 nitrogen and oxygen atoms in total. The zero-order chi connectivity index (χ0) is 21.1. The Morgan fingerprint density at radius 3 is 2.24 bits per heavy atom. The Balaban J connectivity index is 1.65. The largest absolute Gasteiger partial charge is 0.573 e. The molecule has 0 saturated heterocycles. The van der Waals surface area contributed by atoms with Crippen LogP contribution in [0, 0.1) is 0 Å². The molecule has 0 fully saturated rings. The second kappa shape index (κ2) is 8.09. The minimum absolute atomic E-state index is 0.0284. The summed E-state index contributed by atoms with van der Waals surface area (Å²) in [5.41, 5.74) is 0.403. The SMILES string of the molecule is O=C(Nc1ccc(S(=O)(=O)Nc2nccs2)cc1)c1ccc(OC(F)(F)F)cc1. The van der Waals surface area contributed by atoms with E-state index in [2.05, 4.69) is 19.8 Å². The van der Waals surface area contributed by atoms with Crippen LogP contribution in [0.4, 0.5) is 24.0 Å². The van der Waals surface area contributed by atoms with Gasteiger partial charge >= 0.3 is 6.36 Å². The summed E-state index contributed by atoms with van der Waals surface area (Å²) in [4.78, 5) is 16.0. The van der Waals surface area contributed by atoms with Gasteiger partial charge in [0.25, 0.3) is 15.9 Å². The summed E-state index contributed by atoms with van der Waals surface area (Å²) in [6.07, 6.45) is -3.36. The van der Waals surface area contributed by atoms with Crippen molar-refractivity contribution in [2.45, 2.75) is 11.3 Å². The van der Waals surface area contributed by atoms with Crippen molar-refractivity contribution in [1.82, 2.24) is 4.98 Å². The summed E-state index contributed by atoms with van der Waals surface area (Å²) in [6, 6.07) is 9.74. The van der Waals surface area contributed by atoms with E-state index < -0.39 is 28.0 Å². The molecule has 2 aromatic carbocycles. The number of thiazole rings is 1. The maximum atomic E-state index is 12.3. The fourth-order valence-electron chi connectivity index (χ4n) is 2.18. The fourth-order valence-corrected chi connectivity index (χ4v) is 3.97. The number of sulfonamides is 1. The Hall–Kier alpha value is -3.12. The summed E-state index contributed by atoms with van der Waals surface area (Å²) >= 11 is 1.13. The van der Waals surface area contributed by atoms with Gasteiger partial charge in [-0.2, -0.15) is 0 Å². The first-order chi connectivity index (χ1) is 13.6. The molecular weight excluding hydrogens is 431 g/mol. The maximum absolute atomic E-state index is 12.3. The number of hydrogen-bond donors (Lipinski definition) is 2. The van der Waals surface area contributed by atoms with Crippen LogP contribution in [0.2, 0.25) is 0 Å². The van der Waals surface area contributed by atoms with Gasteiger partial charge < -0.3 is 10.1 Å². The third-order valence-electron chi connectivity index (χ3n) is 3.43. The van der Waals surface area contributed by atoms with Gasteiger partial charge in [-0.15, -0.1) is 24.5 Å². The van der Waals surface area contributed by atoms with Gasteiger partial charge in [0.1, 0.15) is 5.75 Å². The Morgan fingerprint density at radius 1 is 1.03 bits per heavy atom. The molecule has 0 aliphatic carbocycles. The average molecular weight is 443 g/mol. The Labute approximate surface area is 167 Å². The molecule has 152 valence electrons. The van der Waals surface area contributed by atoms with Crippen LogP contribution in [0.25, 0.3) is 0 Å². The van der Waals surface area contributed by atoms with Crippen molar-refractivity contribution in [3.8, 4) is 5.75 Å². The van der Waals surface area contributed by atoms with E-state index in [1.54, 1.807) is 5.38 Å². The van der Waals surface area contributed by atoms with Crippen LogP contribution in [0.3, 0.4) is 0 Å². The molecule has 3 aromatic rings. The van der Waals surface area contributed by atoms with Crippen LogP contribution in [-0.4, -0.2) is 25.7 Å². The summed E-state index contributed by atoms with van der Waals surface area (Å²) in [5, 5.41) is 4.37. The van der Waals surface area contributed by atoms with Crippen LogP contribution < -0.4 is 14.8 Å². The first-order valence-electron chi connectivity index (χ1n) is 7.82. The Morgan fingerprint density at radius 2 is 1.69 bits per heavy atom. The molecule has 1 heterocycles. The quantitative estimate of drug-likeness (QED) is 0.598. The van der Waals surface area contributed by atoms with Crippen LogP contribution in [0.5, 0.6) is 5.75 Å². The molecule has 0 unspecified atom stereocenters. The molecule has 0 aliphatic heterocycles. The lowest BCUT2D eigenvalue weighted by Gasteiger charge is -2.10. The van der Waals surface area contributed by atoms with Crippen molar-refractivity contribution in [3.63, 3.8) is 0 Å². The first-order valence-corrected chi connectivity index (χ1v) is 10.2. The van der Waals surface area contributed by atoms with E-state index in [-0.39, 0.29) is 15.6 Å². The van der Waals surface area contributed by atoms with Crippen molar-refractivity contribution in [3.05, 3.63) is 65.7 Å². The number of carbonyl (C=O) groups is 1. The van der Waals surface area contributed by atoms with Crippen molar-refractivity contribution >= 4 is 38.1 Å². The lowest BCUT2D eigenvalue weighted by Crippen LogP contribution is -2.17. The molecule has 0 bridgehead atoms. The molecule has 29 heavy (non-hydrogen) atoms. The number of anilines is 2. The van der Waals surface area contributed by atoms with E-state index in [1.165, 1.54) is 42.6 Å². The number of hydrogen-bond acceptors (Lipinski definition) is 6. The molecule has 0 radical (unpaired) electrons. The number of benzene rings is 2. The smallest absolute Gasteiger partial charge is 0.406 e. The van der Waals surface area contributed by atoms with Crippen LogP contribution in [0.15, 0.2) is 65.0 Å². The summed E-state index contributed by atoms with van der Waals surface area (Å²) in [6.45, 7) is 0. The van der Waals surface area contributed by atoms with Crippen molar-refractivity contribution in [1.29, 1.82) is 0 Å². The fraction of sp³-hybridized carbons (Fsp3) is 0.0588. The highest BCUT2D eigenvalue weighted by Gasteiger charge is 2.31. The zero-order valence-corrected chi connectivity index (χ0v) is 15.9. The molecular formula is C17H12F3N3O4S2. The van der Waals surface area contributed by atoms with Crippen molar-refractivity contribution in [2.24, 2.45) is 0 Å². The lowest BCUT2D eigenvalue weighted by atomic mass is 10.2. The predicted octanol–water partition coefficient (Wildman–Crippen LogP) is 4.09. The van der Waals surface area contributed by atoms with E-state index in [4.69, 9.17) is 0 Å². The number of ether oxygens (including phenoxy) is 1. The lowest BCUT2D eigenvalue weighted by molar-refractivity contribution is -0.274. The second-order valence-electron chi connectivity index (χ2n) is 5.49. The van der Waals surface area contributed by atoms with E-state index in [9.17, 15) is 26.4 Å². The van der Waals surface area contributed by atoms with E-state index in [0.29, 0.717) is 5.69 Å². The topological polar surface area (TPSA) is 97.4 Å². The number of amides is 1. The Bertz CT molecular complexity index is 1080. The number of alkyl halides is 3. The zero-order valence-electron chi connectivity index (χ0n) is 14.3. The second-order valence-corrected chi connectivity index (χ2v) is 8.07. The summed E-state index contributed by atoms with van der Waals surface area (Å²) in [5.74, 6) is -1.03. The predicted molar refractivity (Wildman–Crippen MR) is 100 cm³/mol. The normalized spacial score (nSPS) is 11.7. The average Bonchev–Trinajstić information content (AvgIpc) is 3.13. The van der Waals surface area contributed by atoms with Gasteiger partial charge in [-0.25, -0.2) is 13.4 Å². The number of carbonyl (C=O) groups excluding carboxylic acids is 1. The highest BCUT2D eigenvalue weighted by Crippen LogP contribution is 2.23. The minimum Gasteiger partial charge on any atom is -0.406 e. The van der Waals surface area contributed by atoms with Gasteiger partial charge in [-0.05, 0) is 48.5 Å². The van der Waals surface area contributed by atoms with Crippen molar-refractivity contribution < 1.29 is 31.1 Å². The van der Waals surface area contributed by atoms with Gasteiger partial charge in [-0.3, -0.25) is 9.52 Å². The highest BCUT2D eigenvalue weighted by atomic mass is 32.2. The molecule has 0 aliphatic rings. The minimum atomic E-state index is -4.82. The maximum Gasteiger partial charge on any atom is 0.573 e. The number of nitrogens with one attached hydrogen (secondary N) is 2. The highest BCUT2D eigenvalue weighted by molar-refractivity contribution is 7.93. The van der Waals surface area contributed by atoms with E-state index >= 15 is 0 Å². The number of rotatable bonds is 6. The van der Waals surface area contributed by atoms with Gasteiger partial charge in [0.05, 0.1) is 4.90 Å². The van der Waals surface area contributed by atoms with E-state index in [1.807, 2.05) is 0 Å². The van der Waals surface area contributed by atoms with Crippen molar-refractivity contribution in [2.75, 3.05) is 10.0 Å². The third kappa shape index (κ3) is 5.68. The van der Waals surface area contributed by atoms with Crippen LogP contribution >= 0.6 is 11.3 Å². The van der Waals surface area contributed by atoms with Gasteiger partial charge in [-0.1, -0.05) is 0 Å². The standard InChI is InChI=1S/C17H12F3N3O4S2/c18-17(19,20)27-13-5-1-11(2-6-13)15(24)22-12-3-7-14(8-4-12)29(25,26)23-16-21-9-10-28-16/h1-10H,(H,21,23)(H,22,24). The number of nitrogens with zero attached hydrogens (tertiary/aromatic N) is 1. The van der Waals surface area contributed by atoms with Gasteiger partial charge in [0, 0.05) is 22.8 Å². The van der Waals surface area contributed by atoms with Gasteiger partial charge in [0.15, 0.2) is 5.13 Å². The number of aromatic nitrogens is 1. The monoisotopic (exact) mass is 443 g/mol. The van der Waals surface area contributed by atoms with E-state index in [0.717, 1.165) is 23.5 Å². The molecule has 0 saturated carbocycles. The molecule has 1 aromatic heterocycles. The molecule has 0 atom stereocenters. The number of halogens is 3. The first kappa shape index (κ1) is 20.6. The van der Waals surface area contributed by atoms with Crippen LogP contribution in [-0.2, 0) is 10.0 Å². The molecule has 3 rings (SSSR count).